The number of alkyl halides is 3. The van der Waals surface area contributed by atoms with E-state index in [1.54, 1.807) is 0 Å². The average Bonchev–Trinajstić information content (AvgIpc) is 2.16. The summed E-state index contributed by atoms with van der Waals surface area (Å²) >= 11 is 0. The summed E-state index contributed by atoms with van der Waals surface area (Å²) in [7, 11) is -3.56. The van der Waals surface area contributed by atoms with Crippen molar-refractivity contribution in [1.82, 2.24) is 0 Å². The van der Waals surface area contributed by atoms with Gasteiger partial charge in [0, 0.05) is 6.54 Å². The van der Waals surface area contributed by atoms with E-state index in [-0.39, 0.29) is 29.6 Å². The topological polar surface area (TPSA) is 60.2 Å². The Hall–Kier alpha value is -0.790. The molecular weight excluding hydrogens is 279 g/mol. The van der Waals surface area contributed by atoms with Gasteiger partial charge in [-0.2, -0.15) is 13.2 Å². The summed E-state index contributed by atoms with van der Waals surface area (Å²) < 4.78 is 59.4. The van der Waals surface area contributed by atoms with Crippen molar-refractivity contribution in [3.8, 4) is 0 Å². The SMILES string of the molecule is Cl.NCCS(=O)(=O)c1ccc(C(F)(F)F)cc1. The Balaban J connectivity index is 0.00000256. The van der Waals surface area contributed by atoms with Gasteiger partial charge in [-0.25, -0.2) is 8.42 Å². The predicted octanol–water partition coefficient (Wildman–Crippen LogP) is 1.86. The van der Waals surface area contributed by atoms with Crippen LogP contribution in [0.2, 0.25) is 0 Å². The van der Waals surface area contributed by atoms with Gasteiger partial charge in [-0.1, -0.05) is 0 Å². The van der Waals surface area contributed by atoms with Gasteiger partial charge >= 0.3 is 6.18 Å². The molecule has 0 aromatic heterocycles. The van der Waals surface area contributed by atoms with Gasteiger partial charge in [0.2, 0.25) is 0 Å². The first-order valence-corrected chi connectivity index (χ1v) is 6.02. The van der Waals surface area contributed by atoms with Crippen LogP contribution in [0, 0.1) is 0 Å². The highest BCUT2D eigenvalue weighted by Gasteiger charge is 2.30. The van der Waals surface area contributed by atoms with Crippen molar-refractivity contribution < 1.29 is 21.6 Å². The van der Waals surface area contributed by atoms with Crippen LogP contribution in [0.5, 0.6) is 0 Å². The van der Waals surface area contributed by atoms with Crippen molar-refractivity contribution in [2.45, 2.75) is 11.1 Å². The lowest BCUT2D eigenvalue weighted by Crippen LogP contribution is -2.16. The first-order chi connectivity index (χ1) is 7.27. The Morgan fingerprint density at radius 3 is 1.94 bits per heavy atom. The van der Waals surface area contributed by atoms with Gasteiger partial charge in [-0.15, -0.1) is 12.4 Å². The fourth-order valence-electron chi connectivity index (χ4n) is 1.12. The maximum absolute atomic E-state index is 12.2. The van der Waals surface area contributed by atoms with Gasteiger partial charge < -0.3 is 5.73 Å². The molecule has 0 saturated carbocycles. The number of hydrogen-bond acceptors (Lipinski definition) is 3. The maximum atomic E-state index is 12.2. The molecule has 0 radical (unpaired) electrons. The van der Waals surface area contributed by atoms with Crippen LogP contribution in [0.1, 0.15) is 5.56 Å². The number of sulfone groups is 1. The summed E-state index contributed by atoms with van der Waals surface area (Å²) in [6.45, 7) is -0.0661. The molecule has 1 rings (SSSR count). The van der Waals surface area contributed by atoms with Gasteiger partial charge in [0.1, 0.15) is 0 Å². The molecule has 0 spiro atoms. The molecule has 98 valence electrons. The Labute approximate surface area is 103 Å². The second kappa shape index (κ2) is 5.70. The fourth-order valence-corrected chi connectivity index (χ4v) is 2.22. The molecule has 2 N–H and O–H groups in total. The lowest BCUT2D eigenvalue weighted by molar-refractivity contribution is -0.137. The minimum Gasteiger partial charge on any atom is -0.329 e. The number of halogens is 4. The first kappa shape index (κ1) is 16.2. The molecule has 0 saturated heterocycles. The van der Waals surface area contributed by atoms with E-state index >= 15 is 0 Å². The normalized spacial score (nSPS) is 12.0. The molecule has 17 heavy (non-hydrogen) atoms. The molecule has 0 unspecified atom stereocenters. The van der Waals surface area contributed by atoms with Crippen molar-refractivity contribution in [3.05, 3.63) is 29.8 Å². The Kier molecular flexibility index (Phi) is 5.44. The Morgan fingerprint density at radius 1 is 1.12 bits per heavy atom. The molecule has 0 fully saturated rings. The van der Waals surface area contributed by atoms with Crippen LogP contribution >= 0.6 is 12.4 Å². The molecule has 0 aliphatic heterocycles. The summed E-state index contributed by atoms with van der Waals surface area (Å²) in [6, 6.07) is 3.36. The van der Waals surface area contributed by atoms with E-state index in [1.165, 1.54) is 0 Å². The van der Waals surface area contributed by atoms with Crippen molar-refractivity contribution in [2.75, 3.05) is 12.3 Å². The van der Waals surface area contributed by atoms with E-state index in [4.69, 9.17) is 5.73 Å². The van der Waals surface area contributed by atoms with Gasteiger partial charge in [-0.05, 0) is 24.3 Å². The van der Waals surface area contributed by atoms with E-state index in [9.17, 15) is 21.6 Å². The second-order valence-electron chi connectivity index (χ2n) is 3.13. The summed E-state index contributed by atoms with van der Waals surface area (Å²) in [6.07, 6.45) is -4.46. The molecule has 8 heteroatoms. The van der Waals surface area contributed by atoms with Gasteiger partial charge in [0.05, 0.1) is 16.2 Å². The van der Waals surface area contributed by atoms with Crippen LogP contribution in [0.3, 0.4) is 0 Å². The number of nitrogens with two attached hydrogens (primary N) is 1. The molecule has 0 aliphatic carbocycles. The third-order valence-corrected chi connectivity index (χ3v) is 3.69. The zero-order chi connectivity index (χ0) is 12.4. The molecule has 1 aromatic rings. The van der Waals surface area contributed by atoms with Crippen LogP contribution < -0.4 is 5.73 Å². The lowest BCUT2D eigenvalue weighted by Gasteiger charge is -2.07. The van der Waals surface area contributed by atoms with Crippen LogP contribution in [-0.2, 0) is 16.0 Å². The molecule has 0 bridgehead atoms. The van der Waals surface area contributed by atoms with Crippen LogP contribution in [0.15, 0.2) is 29.2 Å². The molecule has 0 amide bonds. The van der Waals surface area contributed by atoms with Gasteiger partial charge in [-0.3, -0.25) is 0 Å². The highest BCUT2D eigenvalue weighted by atomic mass is 35.5. The lowest BCUT2D eigenvalue weighted by atomic mass is 10.2. The summed E-state index contributed by atoms with van der Waals surface area (Å²) in [5, 5.41) is 0. The zero-order valence-electron chi connectivity index (χ0n) is 8.57. The average molecular weight is 290 g/mol. The largest absolute Gasteiger partial charge is 0.416 e. The molecule has 0 heterocycles. The van der Waals surface area contributed by atoms with E-state index in [0.29, 0.717) is 0 Å². The smallest absolute Gasteiger partial charge is 0.329 e. The minimum atomic E-state index is -4.46. The number of hydrogen-bond donors (Lipinski definition) is 1. The quantitative estimate of drug-likeness (QED) is 0.924. The third kappa shape index (κ3) is 4.18. The first-order valence-electron chi connectivity index (χ1n) is 4.37. The Bertz CT molecular complexity index is 456. The van der Waals surface area contributed by atoms with Gasteiger partial charge in [0.15, 0.2) is 9.84 Å². The third-order valence-electron chi connectivity index (χ3n) is 1.93. The standard InChI is InChI=1S/C9H10F3NO2S.ClH/c10-9(11,12)7-1-3-8(4-2-7)16(14,15)6-5-13;/h1-4H,5-6,13H2;1H. The highest BCUT2D eigenvalue weighted by molar-refractivity contribution is 7.91. The predicted molar refractivity (Wildman–Crippen MR) is 59.8 cm³/mol. The summed E-state index contributed by atoms with van der Waals surface area (Å²) in [5.41, 5.74) is 4.22. The molecule has 3 nitrogen and oxygen atoms in total. The highest BCUT2D eigenvalue weighted by Crippen LogP contribution is 2.29. The number of rotatable bonds is 3. The Morgan fingerprint density at radius 2 is 1.59 bits per heavy atom. The van der Waals surface area contributed by atoms with Crippen molar-refractivity contribution in [1.29, 1.82) is 0 Å². The maximum Gasteiger partial charge on any atom is 0.416 e. The van der Waals surface area contributed by atoms with Crippen molar-refractivity contribution >= 4 is 22.2 Å². The molecule has 1 aromatic carbocycles. The molecule has 0 aliphatic rings. The van der Waals surface area contributed by atoms with Crippen LogP contribution in [-0.4, -0.2) is 20.7 Å². The zero-order valence-corrected chi connectivity index (χ0v) is 10.2. The van der Waals surface area contributed by atoms with Crippen molar-refractivity contribution in [3.63, 3.8) is 0 Å². The molecular formula is C9H11ClF3NO2S. The van der Waals surface area contributed by atoms with E-state index < -0.39 is 21.6 Å². The number of benzene rings is 1. The van der Waals surface area contributed by atoms with E-state index in [1.807, 2.05) is 0 Å². The minimum absolute atomic E-state index is 0. The van der Waals surface area contributed by atoms with Crippen LogP contribution in [0.4, 0.5) is 13.2 Å². The second-order valence-corrected chi connectivity index (χ2v) is 5.24. The van der Waals surface area contributed by atoms with Gasteiger partial charge in [0.25, 0.3) is 0 Å². The monoisotopic (exact) mass is 289 g/mol. The summed E-state index contributed by atoms with van der Waals surface area (Å²) in [5.74, 6) is -0.279. The fraction of sp³-hybridized carbons (Fsp3) is 0.333. The molecule has 0 atom stereocenters. The van der Waals surface area contributed by atoms with E-state index in [0.717, 1.165) is 24.3 Å². The van der Waals surface area contributed by atoms with Crippen LogP contribution in [0.25, 0.3) is 0 Å². The van der Waals surface area contributed by atoms with Crippen molar-refractivity contribution in [2.24, 2.45) is 5.73 Å². The summed E-state index contributed by atoms with van der Waals surface area (Å²) in [4.78, 5) is -0.147. The van der Waals surface area contributed by atoms with E-state index in [2.05, 4.69) is 0 Å².